The molecule has 23 heavy (non-hydrogen) atoms. The van der Waals surface area contributed by atoms with E-state index in [1.165, 1.54) is 0 Å². The number of hydrogen-bond acceptors (Lipinski definition) is 3. The third kappa shape index (κ3) is 5.49. The fourth-order valence-electron chi connectivity index (χ4n) is 1.98. The highest BCUT2D eigenvalue weighted by atomic mass is 35.5. The van der Waals surface area contributed by atoms with Gasteiger partial charge in [-0.15, -0.1) is 0 Å². The van der Waals surface area contributed by atoms with Gasteiger partial charge in [0, 0.05) is 16.4 Å². The molecule has 0 atom stereocenters. The van der Waals surface area contributed by atoms with E-state index in [9.17, 15) is 4.79 Å². The van der Waals surface area contributed by atoms with E-state index in [0.29, 0.717) is 5.02 Å². The monoisotopic (exact) mass is 332 g/mol. The molecule has 0 aliphatic carbocycles. The van der Waals surface area contributed by atoms with Crippen LogP contribution in [0, 0.1) is 6.92 Å². The molecular formula is C18H21ClN2O2. The van der Waals surface area contributed by atoms with Crippen LogP contribution in [0.1, 0.15) is 19.4 Å². The Morgan fingerprint density at radius 1 is 1.13 bits per heavy atom. The average molecular weight is 333 g/mol. The van der Waals surface area contributed by atoms with Gasteiger partial charge in [0.2, 0.25) is 5.91 Å². The summed E-state index contributed by atoms with van der Waals surface area (Å²) in [6.45, 7) is 6.05. The summed E-state index contributed by atoms with van der Waals surface area (Å²) in [4.78, 5) is 12.0. The smallest absolute Gasteiger partial charge is 0.243 e. The van der Waals surface area contributed by atoms with Crippen molar-refractivity contribution < 1.29 is 9.53 Å². The highest BCUT2D eigenvalue weighted by Gasteiger charge is 2.04. The predicted octanol–water partition coefficient (Wildman–Crippen LogP) is 4.49. The molecule has 2 N–H and O–H groups in total. The highest BCUT2D eigenvalue weighted by Crippen LogP contribution is 2.20. The molecule has 122 valence electrons. The first-order chi connectivity index (χ1) is 10.9. The summed E-state index contributed by atoms with van der Waals surface area (Å²) in [5.74, 6) is 0.657. The summed E-state index contributed by atoms with van der Waals surface area (Å²) in [5.41, 5.74) is 2.55. The topological polar surface area (TPSA) is 50.4 Å². The zero-order valence-corrected chi connectivity index (χ0v) is 14.3. The molecule has 0 saturated carbocycles. The van der Waals surface area contributed by atoms with Crippen LogP contribution in [-0.2, 0) is 4.79 Å². The molecule has 0 saturated heterocycles. The van der Waals surface area contributed by atoms with Gasteiger partial charge >= 0.3 is 0 Å². The Hall–Kier alpha value is -2.20. The second kappa shape index (κ2) is 7.88. The fourth-order valence-corrected chi connectivity index (χ4v) is 2.16. The van der Waals surface area contributed by atoms with Crippen LogP contribution in [0.4, 0.5) is 11.4 Å². The Morgan fingerprint density at radius 2 is 1.78 bits per heavy atom. The Balaban J connectivity index is 1.85. The summed E-state index contributed by atoms with van der Waals surface area (Å²) in [7, 11) is 0. The molecule has 0 aliphatic rings. The molecule has 5 heteroatoms. The minimum Gasteiger partial charge on any atom is -0.491 e. The van der Waals surface area contributed by atoms with Crippen LogP contribution in [0.5, 0.6) is 5.75 Å². The molecule has 0 fully saturated rings. The van der Waals surface area contributed by atoms with Crippen LogP contribution < -0.4 is 15.4 Å². The van der Waals surface area contributed by atoms with E-state index in [4.69, 9.17) is 16.3 Å². The maximum absolute atomic E-state index is 12.0. The Morgan fingerprint density at radius 3 is 2.39 bits per heavy atom. The Bertz CT molecular complexity index is 669. The van der Waals surface area contributed by atoms with E-state index in [0.717, 1.165) is 22.7 Å². The molecule has 0 bridgehead atoms. The highest BCUT2D eigenvalue weighted by molar-refractivity contribution is 6.31. The summed E-state index contributed by atoms with van der Waals surface area (Å²) in [6.07, 6.45) is 0.126. The number of anilines is 2. The number of aryl methyl sites for hydroxylation is 1. The standard InChI is InChI=1S/C18H21ClN2O2/c1-12(2)23-16-8-6-14(7-9-16)21-18(22)11-20-15-5-4-13(3)17(19)10-15/h4-10,12,20H,11H2,1-3H3,(H,21,22). The van der Waals surface area contributed by atoms with Crippen LogP contribution in [0.3, 0.4) is 0 Å². The number of benzene rings is 2. The zero-order chi connectivity index (χ0) is 16.8. The lowest BCUT2D eigenvalue weighted by Crippen LogP contribution is -2.21. The van der Waals surface area contributed by atoms with Crippen molar-refractivity contribution in [1.82, 2.24) is 0 Å². The number of nitrogens with one attached hydrogen (secondary N) is 2. The van der Waals surface area contributed by atoms with Crippen LogP contribution in [0.25, 0.3) is 0 Å². The molecule has 4 nitrogen and oxygen atoms in total. The van der Waals surface area contributed by atoms with Gasteiger partial charge in [-0.3, -0.25) is 4.79 Å². The minimum atomic E-state index is -0.126. The average Bonchev–Trinajstić information content (AvgIpc) is 2.50. The number of hydrogen-bond donors (Lipinski definition) is 2. The predicted molar refractivity (Wildman–Crippen MR) is 95.5 cm³/mol. The maximum Gasteiger partial charge on any atom is 0.243 e. The van der Waals surface area contributed by atoms with E-state index >= 15 is 0 Å². The lowest BCUT2D eigenvalue weighted by atomic mass is 10.2. The molecule has 0 aliphatic heterocycles. The van der Waals surface area contributed by atoms with E-state index in [1.54, 1.807) is 0 Å². The zero-order valence-electron chi connectivity index (χ0n) is 13.5. The second-order valence-electron chi connectivity index (χ2n) is 5.56. The van der Waals surface area contributed by atoms with Gasteiger partial charge in [-0.25, -0.2) is 0 Å². The van der Waals surface area contributed by atoms with Gasteiger partial charge in [0.05, 0.1) is 12.6 Å². The molecule has 1 amide bonds. The van der Waals surface area contributed by atoms with Crippen molar-refractivity contribution in [3.8, 4) is 5.75 Å². The van der Waals surface area contributed by atoms with Crippen molar-refractivity contribution in [2.45, 2.75) is 26.9 Å². The van der Waals surface area contributed by atoms with E-state index in [1.807, 2.05) is 63.2 Å². The summed E-state index contributed by atoms with van der Waals surface area (Å²) in [5, 5.41) is 6.55. The Labute approximate surface area is 141 Å². The minimum absolute atomic E-state index is 0.126. The lowest BCUT2D eigenvalue weighted by Gasteiger charge is -2.11. The van der Waals surface area contributed by atoms with Crippen molar-refractivity contribution in [2.24, 2.45) is 0 Å². The van der Waals surface area contributed by atoms with Gasteiger partial charge in [-0.1, -0.05) is 17.7 Å². The van der Waals surface area contributed by atoms with Gasteiger partial charge in [-0.2, -0.15) is 0 Å². The summed E-state index contributed by atoms with van der Waals surface area (Å²) < 4.78 is 5.56. The molecule has 2 aromatic carbocycles. The molecular weight excluding hydrogens is 312 g/mol. The molecule has 0 unspecified atom stereocenters. The third-order valence-corrected chi connectivity index (χ3v) is 3.54. The van der Waals surface area contributed by atoms with E-state index < -0.39 is 0 Å². The number of ether oxygens (including phenoxy) is 1. The van der Waals surface area contributed by atoms with Crippen molar-refractivity contribution in [1.29, 1.82) is 0 Å². The Kier molecular flexibility index (Phi) is 5.88. The van der Waals surface area contributed by atoms with Crippen LogP contribution in [-0.4, -0.2) is 18.6 Å². The largest absolute Gasteiger partial charge is 0.491 e. The lowest BCUT2D eigenvalue weighted by molar-refractivity contribution is -0.114. The summed E-state index contributed by atoms with van der Waals surface area (Å²) in [6, 6.07) is 12.9. The molecule has 0 spiro atoms. The van der Waals surface area contributed by atoms with Crippen molar-refractivity contribution >= 4 is 28.9 Å². The molecule has 0 aromatic heterocycles. The quantitative estimate of drug-likeness (QED) is 0.819. The molecule has 0 radical (unpaired) electrons. The number of carbonyl (C=O) groups is 1. The first kappa shape index (κ1) is 17.2. The normalized spacial score (nSPS) is 10.5. The van der Waals surface area contributed by atoms with Crippen molar-refractivity contribution in [3.63, 3.8) is 0 Å². The number of halogens is 1. The SMILES string of the molecule is Cc1ccc(NCC(=O)Nc2ccc(OC(C)C)cc2)cc1Cl. The van der Waals surface area contributed by atoms with Crippen LogP contribution in [0.15, 0.2) is 42.5 Å². The van der Waals surface area contributed by atoms with Crippen LogP contribution >= 0.6 is 11.6 Å². The maximum atomic E-state index is 12.0. The van der Waals surface area contributed by atoms with Gasteiger partial charge in [0.25, 0.3) is 0 Å². The number of amides is 1. The number of rotatable bonds is 6. The van der Waals surface area contributed by atoms with E-state index in [2.05, 4.69) is 10.6 Å². The first-order valence-electron chi connectivity index (χ1n) is 7.50. The van der Waals surface area contributed by atoms with Crippen molar-refractivity contribution in [3.05, 3.63) is 53.1 Å². The first-order valence-corrected chi connectivity index (χ1v) is 7.88. The van der Waals surface area contributed by atoms with E-state index in [-0.39, 0.29) is 18.6 Å². The van der Waals surface area contributed by atoms with Crippen molar-refractivity contribution in [2.75, 3.05) is 17.2 Å². The molecule has 0 heterocycles. The van der Waals surface area contributed by atoms with Gasteiger partial charge in [0.1, 0.15) is 5.75 Å². The third-order valence-electron chi connectivity index (χ3n) is 3.13. The van der Waals surface area contributed by atoms with Gasteiger partial charge in [0.15, 0.2) is 0 Å². The second-order valence-corrected chi connectivity index (χ2v) is 5.96. The van der Waals surface area contributed by atoms with Crippen LogP contribution in [0.2, 0.25) is 5.02 Å². The molecule has 2 aromatic rings. The van der Waals surface area contributed by atoms with Gasteiger partial charge < -0.3 is 15.4 Å². The van der Waals surface area contributed by atoms with Gasteiger partial charge in [-0.05, 0) is 62.7 Å². The number of carbonyl (C=O) groups excluding carboxylic acids is 1. The molecule has 2 rings (SSSR count). The summed E-state index contributed by atoms with van der Waals surface area (Å²) >= 11 is 6.06. The fraction of sp³-hybridized carbons (Fsp3) is 0.278.